The van der Waals surface area contributed by atoms with Gasteiger partial charge in [-0.2, -0.15) is 5.10 Å². The second kappa shape index (κ2) is 5.28. The molecule has 0 spiro atoms. The fourth-order valence-electron chi connectivity index (χ4n) is 1.89. The van der Waals surface area contributed by atoms with E-state index in [4.69, 9.17) is 4.74 Å². The van der Waals surface area contributed by atoms with E-state index in [0.717, 1.165) is 11.9 Å². The largest absolute Gasteiger partial charge is 0.481 e. The summed E-state index contributed by atoms with van der Waals surface area (Å²) >= 11 is 0. The van der Waals surface area contributed by atoms with Crippen molar-refractivity contribution in [3.05, 3.63) is 48.3 Å². The summed E-state index contributed by atoms with van der Waals surface area (Å²) in [6.07, 6.45) is 2.77. The van der Waals surface area contributed by atoms with Gasteiger partial charge in [0.15, 0.2) is 5.82 Å². The van der Waals surface area contributed by atoms with E-state index < -0.39 is 5.82 Å². The molecule has 0 atom stereocenters. The summed E-state index contributed by atoms with van der Waals surface area (Å²) in [5.74, 6) is 1.23. The molecule has 0 aliphatic heterocycles. The van der Waals surface area contributed by atoms with Crippen molar-refractivity contribution in [2.45, 2.75) is 6.92 Å². The van der Waals surface area contributed by atoms with Gasteiger partial charge in [0, 0.05) is 6.07 Å². The number of aromatic nitrogens is 5. The molecule has 0 unspecified atom stereocenters. The lowest BCUT2D eigenvalue weighted by Gasteiger charge is -2.05. The summed E-state index contributed by atoms with van der Waals surface area (Å²) in [5.41, 5.74) is 1.25. The summed E-state index contributed by atoms with van der Waals surface area (Å²) in [6.45, 7) is 1.78. The van der Waals surface area contributed by atoms with E-state index in [1.165, 1.54) is 6.07 Å². The first-order valence-electron chi connectivity index (χ1n) is 6.23. The molecule has 21 heavy (non-hydrogen) atoms. The first-order chi connectivity index (χ1) is 10.2. The fraction of sp³-hybridized carbons (Fsp3) is 0.143. The molecule has 0 amide bonds. The molecule has 3 rings (SSSR count). The van der Waals surface area contributed by atoms with Crippen LogP contribution in [-0.4, -0.2) is 31.8 Å². The van der Waals surface area contributed by atoms with E-state index in [1.54, 1.807) is 37.0 Å². The molecule has 0 saturated heterocycles. The van der Waals surface area contributed by atoms with Gasteiger partial charge in [-0.15, -0.1) is 0 Å². The normalized spacial score (nSPS) is 10.6. The van der Waals surface area contributed by atoms with Crippen molar-refractivity contribution >= 4 is 0 Å². The summed E-state index contributed by atoms with van der Waals surface area (Å²) in [5, 5.41) is 4.33. The predicted molar refractivity (Wildman–Crippen MR) is 73.6 cm³/mol. The summed E-state index contributed by atoms with van der Waals surface area (Å²) in [7, 11) is 1.55. The lowest BCUT2D eigenvalue weighted by molar-refractivity contribution is 0.397. The number of nitrogens with zero attached hydrogens (tertiary/aromatic N) is 5. The average molecular weight is 285 g/mol. The minimum Gasteiger partial charge on any atom is -0.481 e. The SMILES string of the molecule is COc1ccc(-n2nc(C)nc2-c2ccc(F)cn2)cn1. The number of hydrogen-bond donors (Lipinski definition) is 0. The highest BCUT2D eigenvalue weighted by molar-refractivity contribution is 5.52. The van der Waals surface area contributed by atoms with Crippen LogP contribution in [-0.2, 0) is 0 Å². The van der Waals surface area contributed by atoms with Crippen LogP contribution in [0.15, 0.2) is 36.7 Å². The van der Waals surface area contributed by atoms with Crippen molar-refractivity contribution in [1.29, 1.82) is 0 Å². The Morgan fingerprint density at radius 2 is 1.95 bits per heavy atom. The van der Waals surface area contributed by atoms with Crippen LogP contribution in [0.25, 0.3) is 17.2 Å². The predicted octanol–water partition coefficient (Wildman–Crippen LogP) is 2.18. The number of rotatable bonds is 3. The zero-order valence-corrected chi connectivity index (χ0v) is 11.5. The maximum absolute atomic E-state index is 13.0. The molecule has 0 bridgehead atoms. The molecule has 6 nitrogen and oxygen atoms in total. The van der Waals surface area contributed by atoms with Gasteiger partial charge >= 0.3 is 0 Å². The first-order valence-corrected chi connectivity index (χ1v) is 6.23. The third-order valence-electron chi connectivity index (χ3n) is 2.84. The second-order valence-corrected chi connectivity index (χ2v) is 4.31. The number of hydrogen-bond acceptors (Lipinski definition) is 5. The highest BCUT2D eigenvalue weighted by Gasteiger charge is 2.13. The van der Waals surface area contributed by atoms with Crippen molar-refractivity contribution in [3.63, 3.8) is 0 Å². The highest BCUT2D eigenvalue weighted by atomic mass is 19.1. The van der Waals surface area contributed by atoms with E-state index in [0.29, 0.717) is 23.2 Å². The van der Waals surface area contributed by atoms with Crippen LogP contribution in [0.5, 0.6) is 5.88 Å². The summed E-state index contributed by atoms with van der Waals surface area (Å²) in [6, 6.07) is 6.44. The van der Waals surface area contributed by atoms with Crippen LogP contribution >= 0.6 is 0 Å². The lowest BCUT2D eigenvalue weighted by atomic mass is 10.3. The Morgan fingerprint density at radius 1 is 1.10 bits per heavy atom. The topological polar surface area (TPSA) is 65.7 Å². The summed E-state index contributed by atoms with van der Waals surface area (Å²) < 4.78 is 19.6. The van der Waals surface area contributed by atoms with Crippen molar-refractivity contribution in [2.24, 2.45) is 0 Å². The zero-order chi connectivity index (χ0) is 14.8. The Morgan fingerprint density at radius 3 is 2.57 bits per heavy atom. The molecule has 3 aromatic heterocycles. The lowest BCUT2D eigenvalue weighted by Crippen LogP contribution is -2.02. The maximum atomic E-state index is 13.0. The van der Waals surface area contributed by atoms with E-state index >= 15 is 0 Å². The van der Waals surface area contributed by atoms with Gasteiger partial charge in [-0.05, 0) is 25.1 Å². The van der Waals surface area contributed by atoms with Gasteiger partial charge in [0.05, 0.1) is 25.2 Å². The molecule has 0 N–H and O–H groups in total. The molecule has 0 aromatic carbocycles. The van der Waals surface area contributed by atoms with Gasteiger partial charge in [0.2, 0.25) is 5.88 Å². The van der Waals surface area contributed by atoms with Crippen LogP contribution in [0, 0.1) is 12.7 Å². The molecule has 7 heteroatoms. The van der Waals surface area contributed by atoms with Crippen LogP contribution in [0.2, 0.25) is 0 Å². The van der Waals surface area contributed by atoms with Crippen molar-refractivity contribution in [3.8, 4) is 23.1 Å². The van der Waals surface area contributed by atoms with Crippen molar-refractivity contribution in [2.75, 3.05) is 7.11 Å². The first kappa shape index (κ1) is 13.2. The summed E-state index contributed by atoms with van der Waals surface area (Å²) in [4.78, 5) is 12.5. The molecule has 0 aliphatic rings. The molecule has 3 aromatic rings. The molecule has 3 heterocycles. The number of methoxy groups -OCH3 is 1. The van der Waals surface area contributed by atoms with Gasteiger partial charge in [0.25, 0.3) is 0 Å². The maximum Gasteiger partial charge on any atom is 0.213 e. The Balaban J connectivity index is 2.08. The minimum atomic E-state index is -0.396. The van der Waals surface area contributed by atoms with Crippen molar-refractivity contribution in [1.82, 2.24) is 24.7 Å². The van der Waals surface area contributed by atoms with Gasteiger partial charge in [0.1, 0.15) is 17.3 Å². The van der Waals surface area contributed by atoms with Crippen LogP contribution in [0.3, 0.4) is 0 Å². The fourth-order valence-corrected chi connectivity index (χ4v) is 1.89. The molecule has 0 saturated carbocycles. The zero-order valence-electron chi connectivity index (χ0n) is 11.5. The Hall–Kier alpha value is -2.83. The Labute approximate surface area is 120 Å². The van der Waals surface area contributed by atoms with Crippen LogP contribution < -0.4 is 4.74 Å². The average Bonchev–Trinajstić information content (AvgIpc) is 2.90. The quantitative estimate of drug-likeness (QED) is 0.738. The third-order valence-corrected chi connectivity index (χ3v) is 2.84. The second-order valence-electron chi connectivity index (χ2n) is 4.31. The smallest absolute Gasteiger partial charge is 0.213 e. The van der Waals surface area contributed by atoms with E-state index in [-0.39, 0.29) is 0 Å². The molecule has 0 aliphatic carbocycles. The van der Waals surface area contributed by atoms with E-state index in [1.807, 2.05) is 6.07 Å². The molecule has 0 fully saturated rings. The number of ether oxygens (including phenoxy) is 1. The highest BCUT2D eigenvalue weighted by Crippen LogP contribution is 2.20. The number of halogens is 1. The third kappa shape index (κ3) is 2.58. The monoisotopic (exact) mass is 285 g/mol. The number of pyridine rings is 2. The van der Waals surface area contributed by atoms with Crippen LogP contribution in [0.1, 0.15) is 5.82 Å². The molecule has 0 radical (unpaired) electrons. The Bertz CT molecular complexity index is 752. The molecule has 106 valence electrons. The standard InChI is InChI=1S/C14H12FN5O/c1-9-18-14(12-5-3-10(15)7-16-12)20(19-9)11-4-6-13(21-2)17-8-11/h3-8H,1-2H3. The van der Waals surface area contributed by atoms with Gasteiger partial charge in [-0.3, -0.25) is 0 Å². The van der Waals surface area contributed by atoms with Crippen molar-refractivity contribution < 1.29 is 9.13 Å². The minimum absolute atomic E-state index is 0.396. The van der Waals surface area contributed by atoms with Gasteiger partial charge < -0.3 is 4.74 Å². The van der Waals surface area contributed by atoms with Gasteiger partial charge in [-0.1, -0.05) is 0 Å². The molecular formula is C14H12FN5O. The van der Waals surface area contributed by atoms with Gasteiger partial charge in [-0.25, -0.2) is 24.0 Å². The molecular weight excluding hydrogens is 273 g/mol. The van der Waals surface area contributed by atoms with E-state index in [2.05, 4.69) is 20.1 Å². The van der Waals surface area contributed by atoms with Crippen LogP contribution in [0.4, 0.5) is 4.39 Å². The Kier molecular flexibility index (Phi) is 3.31. The van der Waals surface area contributed by atoms with E-state index in [9.17, 15) is 4.39 Å². The number of aryl methyl sites for hydroxylation is 1.